The van der Waals surface area contributed by atoms with E-state index in [1.54, 1.807) is 6.92 Å². The molecule has 0 aliphatic carbocycles. The van der Waals surface area contributed by atoms with Crippen LogP contribution in [-0.2, 0) is 14.3 Å². The normalized spacial score (nSPS) is 31.0. The van der Waals surface area contributed by atoms with Gasteiger partial charge in [-0.2, -0.15) is 0 Å². The molecule has 3 fully saturated rings. The molecular weight excluding hydrogens is 352 g/mol. The molecule has 0 bridgehead atoms. The van der Waals surface area contributed by atoms with Gasteiger partial charge in [0.2, 0.25) is 5.91 Å². The van der Waals surface area contributed by atoms with E-state index < -0.39 is 0 Å². The standard InChI is InChI=1S/C23H32N2O3/c1-17(26)24-14-8-3-6-12-20-22(24)19(18-10-4-2-5-11-18)16-25(20)23(27)21-13-7-9-15-28-21/h2,4-5,10-11,19-22H,3,6-9,12-16H2,1H3/t19-,20+,21+,22-/m0/s1. The minimum absolute atomic E-state index is 0.0627. The highest BCUT2D eigenvalue weighted by Gasteiger charge is 2.49. The van der Waals surface area contributed by atoms with Crippen molar-refractivity contribution < 1.29 is 14.3 Å². The SMILES string of the molecule is CC(=O)N1CCCCC[C@@H]2[C@@H]1[C@H](c1ccccc1)CN2C(=O)[C@H]1CCCCO1. The van der Waals surface area contributed by atoms with Gasteiger partial charge in [0.25, 0.3) is 5.91 Å². The zero-order chi connectivity index (χ0) is 19.5. The van der Waals surface area contributed by atoms with Gasteiger partial charge in [0.1, 0.15) is 6.10 Å². The molecule has 1 aromatic carbocycles. The predicted molar refractivity (Wildman–Crippen MR) is 108 cm³/mol. The Labute approximate surface area is 168 Å². The van der Waals surface area contributed by atoms with Crippen LogP contribution in [0.2, 0.25) is 0 Å². The molecule has 4 rings (SSSR count). The van der Waals surface area contributed by atoms with Crippen molar-refractivity contribution in [3.05, 3.63) is 35.9 Å². The van der Waals surface area contributed by atoms with E-state index in [1.165, 1.54) is 5.56 Å². The lowest BCUT2D eigenvalue weighted by atomic mass is 9.87. The van der Waals surface area contributed by atoms with Crippen LogP contribution in [0.5, 0.6) is 0 Å². The molecular formula is C23H32N2O3. The van der Waals surface area contributed by atoms with Crippen LogP contribution >= 0.6 is 0 Å². The highest BCUT2D eigenvalue weighted by molar-refractivity contribution is 5.82. The molecule has 152 valence electrons. The Hall–Kier alpha value is -1.88. The number of hydrogen-bond acceptors (Lipinski definition) is 3. The zero-order valence-electron chi connectivity index (χ0n) is 16.9. The summed E-state index contributed by atoms with van der Waals surface area (Å²) in [6.45, 7) is 3.83. The summed E-state index contributed by atoms with van der Waals surface area (Å²) in [4.78, 5) is 30.1. The molecule has 5 nitrogen and oxygen atoms in total. The number of likely N-dealkylation sites (tertiary alicyclic amines) is 2. The van der Waals surface area contributed by atoms with E-state index in [2.05, 4.69) is 34.1 Å². The molecule has 0 aromatic heterocycles. The quantitative estimate of drug-likeness (QED) is 0.786. The average molecular weight is 385 g/mol. The molecule has 2 amide bonds. The number of fused-ring (bicyclic) bond motifs is 1. The average Bonchev–Trinajstić information content (AvgIpc) is 3.06. The van der Waals surface area contributed by atoms with Gasteiger partial charge in [-0.3, -0.25) is 9.59 Å². The van der Waals surface area contributed by atoms with E-state index in [0.29, 0.717) is 13.2 Å². The number of ether oxygens (including phenoxy) is 1. The Morgan fingerprint density at radius 1 is 0.964 bits per heavy atom. The lowest BCUT2D eigenvalue weighted by Crippen LogP contribution is -2.52. The van der Waals surface area contributed by atoms with Crippen LogP contribution in [-0.4, -0.2) is 59.5 Å². The summed E-state index contributed by atoms with van der Waals surface area (Å²) in [7, 11) is 0. The van der Waals surface area contributed by atoms with Crippen LogP contribution in [0.3, 0.4) is 0 Å². The van der Waals surface area contributed by atoms with E-state index in [9.17, 15) is 9.59 Å². The number of rotatable bonds is 2. The lowest BCUT2D eigenvalue weighted by Gasteiger charge is -2.39. The van der Waals surface area contributed by atoms with Crippen LogP contribution in [0.4, 0.5) is 0 Å². The van der Waals surface area contributed by atoms with Crippen molar-refractivity contribution in [1.82, 2.24) is 9.80 Å². The molecule has 3 aliphatic rings. The molecule has 3 heterocycles. The van der Waals surface area contributed by atoms with Crippen LogP contribution in [0.1, 0.15) is 63.4 Å². The molecule has 0 saturated carbocycles. The second kappa shape index (κ2) is 8.64. The van der Waals surface area contributed by atoms with Gasteiger partial charge in [-0.15, -0.1) is 0 Å². The zero-order valence-corrected chi connectivity index (χ0v) is 16.9. The fourth-order valence-corrected chi connectivity index (χ4v) is 5.36. The third-order valence-electron chi connectivity index (χ3n) is 6.73. The maximum Gasteiger partial charge on any atom is 0.252 e. The van der Waals surface area contributed by atoms with E-state index in [-0.39, 0.29) is 35.9 Å². The number of hydrogen-bond donors (Lipinski definition) is 0. The fraction of sp³-hybridized carbons (Fsp3) is 0.652. The molecule has 28 heavy (non-hydrogen) atoms. The van der Waals surface area contributed by atoms with Crippen molar-refractivity contribution in [2.45, 2.75) is 76.0 Å². The van der Waals surface area contributed by atoms with Gasteiger partial charge >= 0.3 is 0 Å². The minimum atomic E-state index is -0.305. The van der Waals surface area contributed by atoms with Crippen molar-refractivity contribution >= 4 is 11.8 Å². The molecule has 3 aliphatic heterocycles. The number of carbonyl (C=O) groups excluding carboxylic acids is 2. The summed E-state index contributed by atoms with van der Waals surface area (Å²) in [6.07, 6.45) is 6.86. The van der Waals surface area contributed by atoms with Crippen molar-refractivity contribution in [3.8, 4) is 0 Å². The minimum Gasteiger partial charge on any atom is -0.368 e. The topological polar surface area (TPSA) is 49.9 Å². The maximum absolute atomic E-state index is 13.4. The van der Waals surface area contributed by atoms with Crippen LogP contribution in [0, 0.1) is 0 Å². The van der Waals surface area contributed by atoms with Crippen molar-refractivity contribution in [3.63, 3.8) is 0 Å². The molecule has 4 atom stereocenters. The Balaban J connectivity index is 1.68. The largest absolute Gasteiger partial charge is 0.368 e. The molecule has 0 spiro atoms. The second-order valence-electron chi connectivity index (χ2n) is 8.48. The number of carbonyl (C=O) groups is 2. The smallest absolute Gasteiger partial charge is 0.252 e. The van der Waals surface area contributed by atoms with Gasteiger partial charge in [-0.1, -0.05) is 43.2 Å². The first-order chi connectivity index (χ1) is 13.7. The molecule has 0 radical (unpaired) electrons. The van der Waals surface area contributed by atoms with E-state index >= 15 is 0 Å². The first-order valence-electron chi connectivity index (χ1n) is 10.9. The van der Waals surface area contributed by atoms with Gasteiger partial charge < -0.3 is 14.5 Å². The first-order valence-corrected chi connectivity index (χ1v) is 10.9. The van der Waals surface area contributed by atoms with Gasteiger partial charge in [0, 0.05) is 32.5 Å². The number of benzene rings is 1. The van der Waals surface area contributed by atoms with Gasteiger partial charge in [-0.25, -0.2) is 0 Å². The van der Waals surface area contributed by atoms with Crippen LogP contribution in [0.15, 0.2) is 30.3 Å². The predicted octanol–water partition coefficient (Wildman–Crippen LogP) is 3.34. The second-order valence-corrected chi connectivity index (χ2v) is 8.48. The number of nitrogens with zero attached hydrogens (tertiary/aromatic N) is 2. The Morgan fingerprint density at radius 2 is 1.75 bits per heavy atom. The molecule has 3 saturated heterocycles. The number of amides is 2. The maximum atomic E-state index is 13.4. The Bertz CT molecular complexity index is 686. The summed E-state index contributed by atoms with van der Waals surface area (Å²) in [5, 5.41) is 0. The van der Waals surface area contributed by atoms with E-state index in [1.807, 2.05) is 6.07 Å². The molecule has 0 unspecified atom stereocenters. The van der Waals surface area contributed by atoms with Gasteiger partial charge in [-0.05, 0) is 37.7 Å². The highest BCUT2D eigenvalue weighted by atomic mass is 16.5. The third-order valence-corrected chi connectivity index (χ3v) is 6.73. The lowest BCUT2D eigenvalue weighted by molar-refractivity contribution is -0.149. The Morgan fingerprint density at radius 3 is 2.46 bits per heavy atom. The van der Waals surface area contributed by atoms with E-state index in [4.69, 9.17) is 4.74 Å². The Kier molecular flexibility index (Phi) is 6.00. The van der Waals surface area contributed by atoms with Gasteiger partial charge in [0.05, 0.1) is 12.1 Å². The first kappa shape index (κ1) is 19.4. The monoisotopic (exact) mass is 384 g/mol. The van der Waals surface area contributed by atoms with E-state index in [0.717, 1.165) is 51.5 Å². The summed E-state index contributed by atoms with van der Waals surface area (Å²) in [6, 6.07) is 10.6. The third kappa shape index (κ3) is 3.82. The fourth-order valence-electron chi connectivity index (χ4n) is 5.36. The van der Waals surface area contributed by atoms with Crippen LogP contribution < -0.4 is 0 Å². The summed E-state index contributed by atoms with van der Waals surface area (Å²) in [5.41, 5.74) is 1.23. The highest BCUT2D eigenvalue weighted by Crippen LogP contribution is 2.40. The summed E-state index contributed by atoms with van der Waals surface area (Å²) >= 11 is 0. The molecule has 0 N–H and O–H groups in total. The molecule has 5 heteroatoms. The summed E-state index contributed by atoms with van der Waals surface area (Å²) in [5.74, 6) is 0.430. The van der Waals surface area contributed by atoms with Crippen LogP contribution in [0.25, 0.3) is 0 Å². The summed E-state index contributed by atoms with van der Waals surface area (Å²) < 4.78 is 5.83. The van der Waals surface area contributed by atoms with Crippen molar-refractivity contribution in [2.24, 2.45) is 0 Å². The van der Waals surface area contributed by atoms with Crippen molar-refractivity contribution in [2.75, 3.05) is 19.7 Å². The van der Waals surface area contributed by atoms with Crippen molar-refractivity contribution in [1.29, 1.82) is 0 Å². The van der Waals surface area contributed by atoms with Gasteiger partial charge in [0.15, 0.2) is 0 Å². The molecule has 1 aromatic rings.